The van der Waals surface area contributed by atoms with Crippen molar-refractivity contribution in [1.29, 1.82) is 0 Å². The molecule has 2 heterocycles. The van der Waals surface area contributed by atoms with Crippen LogP contribution in [0.2, 0.25) is 0 Å². The smallest absolute Gasteiger partial charge is 0.222 e. The highest BCUT2D eigenvalue weighted by Crippen LogP contribution is 2.28. The minimum atomic E-state index is 0.0869. The Labute approximate surface area is 139 Å². The number of aryl methyl sites for hydroxylation is 1. The number of rotatable bonds is 5. The Morgan fingerprint density at radius 2 is 2.09 bits per heavy atom. The molecule has 1 unspecified atom stereocenters. The average Bonchev–Trinajstić information content (AvgIpc) is 3.04. The van der Waals surface area contributed by atoms with Crippen molar-refractivity contribution in [3.05, 3.63) is 23.9 Å². The summed E-state index contributed by atoms with van der Waals surface area (Å²) in [6, 6.07) is 3.91. The molecule has 23 heavy (non-hydrogen) atoms. The van der Waals surface area contributed by atoms with Crippen molar-refractivity contribution in [2.75, 3.05) is 13.1 Å². The third-order valence-electron chi connectivity index (χ3n) is 5.16. The van der Waals surface area contributed by atoms with Gasteiger partial charge in [0.1, 0.15) is 6.10 Å². The van der Waals surface area contributed by atoms with Crippen LogP contribution >= 0.6 is 0 Å². The molecule has 3 rings (SSSR count). The van der Waals surface area contributed by atoms with Gasteiger partial charge in [-0.15, -0.1) is 0 Å². The molecule has 1 amide bonds. The van der Waals surface area contributed by atoms with Crippen molar-refractivity contribution in [1.82, 2.24) is 9.88 Å². The van der Waals surface area contributed by atoms with E-state index in [4.69, 9.17) is 4.74 Å². The Kier molecular flexibility index (Phi) is 5.52. The molecule has 1 aliphatic carbocycles. The third-order valence-corrected chi connectivity index (χ3v) is 5.16. The highest BCUT2D eigenvalue weighted by molar-refractivity contribution is 5.76. The first-order chi connectivity index (χ1) is 11.2. The van der Waals surface area contributed by atoms with Gasteiger partial charge in [-0.2, -0.15) is 0 Å². The van der Waals surface area contributed by atoms with Crippen LogP contribution in [0.15, 0.2) is 18.3 Å². The van der Waals surface area contributed by atoms with E-state index in [9.17, 15) is 4.79 Å². The van der Waals surface area contributed by atoms with Gasteiger partial charge in [-0.1, -0.05) is 38.2 Å². The second-order valence-corrected chi connectivity index (χ2v) is 7.08. The summed E-state index contributed by atoms with van der Waals surface area (Å²) in [5.74, 6) is 1.75. The second kappa shape index (κ2) is 7.80. The summed E-state index contributed by atoms with van der Waals surface area (Å²) in [5.41, 5.74) is 1.13. The maximum Gasteiger partial charge on any atom is 0.222 e. The molecule has 1 aromatic heterocycles. The molecule has 2 aliphatic rings. The van der Waals surface area contributed by atoms with E-state index in [2.05, 4.69) is 4.98 Å². The Morgan fingerprint density at radius 3 is 2.83 bits per heavy atom. The molecule has 0 bridgehead atoms. The van der Waals surface area contributed by atoms with Crippen LogP contribution in [0.1, 0.15) is 56.9 Å². The summed E-state index contributed by atoms with van der Waals surface area (Å²) < 4.78 is 5.90. The lowest BCUT2D eigenvalue weighted by Crippen LogP contribution is -2.31. The summed E-state index contributed by atoms with van der Waals surface area (Å²) in [6.07, 6.45) is 11.3. The van der Waals surface area contributed by atoms with E-state index in [1.54, 1.807) is 0 Å². The van der Waals surface area contributed by atoms with Crippen molar-refractivity contribution in [3.8, 4) is 5.88 Å². The standard InChI is InChI=1S/C19H28N2O2/c1-15-7-9-18(20-13-15)23-17-11-12-21(14-17)19(22)10-8-16-5-3-2-4-6-16/h7,9,13,16-17H,2-6,8,10-12,14H2,1H3. The van der Waals surface area contributed by atoms with E-state index < -0.39 is 0 Å². The zero-order valence-electron chi connectivity index (χ0n) is 14.2. The molecule has 0 N–H and O–H groups in total. The van der Waals surface area contributed by atoms with Crippen LogP contribution in [0.5, 0.6) is 5.88 Å². The van der Waals surface area contributed by atoms with Gasteiger partial charge in [0.2, 0.25) is 11.8 Å². The number of aromatic nitrogens is 1. The van der Waals surface area contributed by atoms with Gasteiger partial charge in [-0.05, 0) is 24.8 Å². The molecule has 1 atom stereocenters. The third kappa shape index (κ3) is 4.69. The van der Waals surface area contributed by atoms with Gasteiger partial charge in [0.15, 0.2) is 0 Å². The fourth-order valence-corrected chi connectivity index (χ4v) is 3.71. The molecule has 1 saturated carbocycles. The maximum atomic E-state index is 12.4. The van der Waals surface area contributed by atoms with Crippen molar-refractivity contribution in [2.45, 2.75) is 64.4 Å². The first-order valence-corrected chi connectivity index (χ1v) is 9.08. The molecule has 126 valence electrons. The van der Waals surface area contributed by atoms with E-state index >= 15 is 0 Å². The van der Waals surface area contributed by atoms with Gasteiger partial charge in [0.05, 0.1) is 6.54 Å². The first kappa shape index (κ1) is 16.3. The molecule has 4 nitrogen and oxygen atoms in total. The number of hydrogen-bond donors (Lipinski definition) is 0. The number of ether oxygens (including phenoxy) is 1. The molecule has 4 heteroatoms. The Bertz CT molecular complexity index is 509. The van der Waals surface area contributed by atoms with Crippen LogP contribution in [0, 0.1) is 12.8 Å². The van der Waals surface area contributed by atoms with Gasteiger partial charge < -0.3 is 9.64 Å². The highest BCUT2D eigenvalue weighted by atomic mass is 16.5. The predicted octanol–water partition coefficient (Wildman–Crippen LogP) is 3.73. The molecule has 0 spiro atoms. The second-order valence-electron chi connectivity index (χ2n) is 7.08. The van der Waals surface area contributed by atoms with E-state index in [1.807, 2.05) is 30.2 Å². The van der Waals surface area contributed by atoms with Crippen molar-refractivity contribution < 1.29 is 9.53 Å². The molecule has 1 aromatic rings. The van der Waals surface area contributed by atoms with Gasteiger partial charge >= 0.3 is 0 Å². The fourth-order valence-electron chi connectivity index (χ4n) is 3.71. The minimum absolute atomic E-state index is 0.0869. The molecule has 0 aromatic carbocycles. The number of amides is 1. The number of carbonyl (C=O) groups is 1. The SMILES string of the molecule is Cc1ccc(OC2CCN(C(=O)CCC3CCCCC3)C2)nc1. The molecular formula is C19H28N2O2. The maximum absolute atomic E-state index is 12.4. The quantitative estimate of drug-likeness (QED) is 0.831. The van der Waals surface area contributed by atoms with Crippen LogP contribution < -0.4 is 4.74 Å². The van der Waals surface area contributed by atoms with E-state index in [-0.39, 0.29) is 6.10 Å². The summed E-state index contributed by atoms with van der Waals surface area (Å²) in [4.78, 5) is 18.6. The number of hydrogen-bond acceptors (Lipinski definition) is 3. The van der Waals surface area contributed by atoms with Crippen LogP contribution in [0.3, 0.4) is 0 Å². The van der Waals surface area contributed by atoms with E-state index in [0.717, 1.165) is 30.9 Å². The summed E-state index contributed by atoms with van der Waals surface area (Å²) in [5, 5.41) is 0. The molecule has 1 aliphatic heterocycles. The van der Waals surface area contributed by atoms with Gasteiger partial charge in [0, 0.05) is 31.6 Å². The van der Waals surface area contributed by atoms with Crippen LogP contribution in [-0.4, -0.2) is 35.0 Å². The average molecular weight is 316 g/mol. The van der Waals surface area contributed by atoms with Crippen LogP contribution in [0.4, 0.5) is 0 Å². The van der Waals surface area contributed by atoms with Crippen LogP contribution in [-0.2, 0) is 4.79 Å². The number of likely N-dealkylation sites (tertiary alicyclic amines) is 1. The molecular weight excluding hydrogens is 288 g/mol. The topological polar surface area (TPSA) is 42.4 Å². The summed E-state index contributed by atoms with van der Waals surface area (Å²) >= 11 is 0. The Balaban J connectivity index is 1.41. The van der Waals surface area contributed by atoms with Crippen molar-refractivity contribution in [3.63, 3.8) is 0 Å². The zero-order chi connectivity index (χ0) is 16.1. The Hall–Kier alpha value is -1.58. The number of nitrogens with zero attached hydrogens (tertiary/aromatic N) is 2. The molecule has 1 saturated heterocycles. The summed E-state index contributed by atoms with van der Waals surface area (Å²) in [7, 11) is 0. The van der Waals surface area contributed by atoms with Gasteiger partial charge in [-0.3, -0.25) is 4.79 Å². The summed E-state index contributed by atoms with van der Waals surface area (Å²) in [6.45, 7) is 3.54. The fraction of sp³-hybridized carbons (Fsp3) is 0.684. The van der Waals surface area contributed by atoms with E-state index in [1.165, 1.54) is 32.1 Å². The highest BCUT2D eigenvalue weighted by Gasteiger charge is 2.28. The Morgan fingerprint density at radius 1 is 1.26 bits per heavy atom. The normalized spacial score (nSPS) is 22.3. The lowest BCUT2D eigenvalue weighted by atomic mass is 9.86. The van der Waals surface area contributed by atoms with Crippen LogP contribution in [0.25, 0.3) is 0 Å². The number of pyridine rings is 1. The lowest BCUT2D eigenvalue weighted by Gasteiger charge is -2.22. The van der Waals surface area contributed by atoms with E-state index in [0.29, 0.717) is 24.8 Å². The lowest BCUT2D eigenvalue weighted by molar-refractivity contribution is -0.130. The first-order valence-electron chi connectivity index (χ1n) is 9.08. The monoisotopic (exact) mass is 316 g/mol. The van der Waals surface area contributed by atoms with Gasteiger partial charge in [0.25, 0.3) is 0 Å². The number of carbonyl (C=O) groups excluding carboxylic acids is 1. The largest absolute Gasteiger partial charge is 0.472 e. The van der Waals surface area contributed by atoms with Crippen molar-refractivity contribution in [2.24, 2.45) is 5.92 Å². The van der Waals surface area contributed by atoms with Crippen molar-refractivity contribution >= 4 is 5.91 Å². The zero-order valence-corrected chi connectivity index (χ0v) is 14.2. The molecule has 2 fully saturated rings. The minimum Gasteiger partial charge on any atom is -0.472 e. The predicted molar refractivity (Wildman–Crippen MR) is 90.4 cm³/mol. The molecule has 0 radical (unpaired) electrons. The van der Waals surface area contributed by atoms with Gasteiger partial charge in [-0.25, -0.2) is 4.98 Å².